The van der Waals surface area contributed by atoms with Gasteiger partial charge < -0.3 is 9.52 Å². The zero-order valence-electron chi connectivity index (χ0n) is 11.9. The molecule has 0 radical (unpaired) electrons. The van der Waals surface area contributed by atoms with Crippen LogP contribution in [0.25, 0.3) is 4.72 Å². The summed E-state index contributed by atoms with van der Waals surface area (Å²) in [6, 6.07) is 10.7. The Morgan fingerprint density at radius 3 is 2.00 bits per heavy atom. The minimum Gasteiger partial charge on any atom is -0.538 e. The molecule has 0 saturated heterocycles. The first kappa shape index (κ1) is 19.3. The van der Waals surface area contributed by atoms with E-state index in [-0.39, 0.29) is 23.8 Å². The molecular weight excluding hydrogens is 326 g/mol. The molecule has 0 aliphatic carbocycles. The number of carbonyl (C=O) groups excluding carboxylic acids is 1. The molecule has 1 amide bonds. The monoisotopic (exact) mass is 335 g/mol. The van der Waals surface area contributed by atoms with Crippen molar-refractivity contribution in [3.63, 3.8) is 0 Å². The molecule has 0 aliphatic rings. The molecule has 4 nitrogen and oxygen atoms in total. The van der Waals surface area contributed by atoms with Gasteiger partial charge in [0.15, 0.2) is 0 Å². The minimum absolute atomic E-state index is 0. The molecule has 23 heavy (non-hydrogen) atoms. The van der Waals surface area contributed by atoms with E-state index >= 15 is 0 Å². The zero-order chi connectivity index (χ0) is 16.4. The predicted molar refractivity (Wildman–Crippen MR) is 72.8 cm³/mol. The first-order valence-electron chi connectivity index (χ1n) is 5.95. The maximum atomic E-state index is 12.8. The molecule has 0 atom stereocenters. The fraction of sp³-hybridized carbons (Fsp3) is 0.0714. The Labute approximate surface area is 142 Å². The molecule has 2 aromatic carbocycles. The van der Waals surface area contributed by atoms with Crippen LogP contribution in [0.15, 0.2) is 59.5 Å². The summed E-state index contributed by atoms with van der Waals surface area (Å²) in [5, 5.41) is 0. The van der Waals surface area contributed by atoms with E-state index in [0.717, 1.165) is 12.1 Å². The zero-order valence-corrected chi connectivity index (χ0v) is 12.7. The number of sulfonamides is 1. The van der Waals surface area contributed by atoms with Crippen LogP contribution in [-0.4, -0.2) is 14.3 Å². The number of benzene rings is 2. The van der Waals surface area contributed by atoms with Crippen molar-refractivity contribution in [2.24, 2.45) is 0 Å². The van der Waals surface area contributed by atoms with Crippen molar-refractivity contribution in [3.8, 4) is 0 Å². The number of hydrogen-bond donors (Lipinski definition) is 0. The van der Waals surface area contributed by atoms with Crippen molar-refractivity contribution in [3.05, 3.63) is 70.4 Å². The second kappa shape index (κ2) is 7.21. The first-order chi connectivity index (χ1) is 10.2. The van der Waals surface area contributed by atoms with Crippen molar-refractivity contribution in [2.75, 3.05) is 0 Å². The van der Waals surface area contributed by atoms with Crippen LogP contribution in [0.2, 0.25) is 0 Å². The third kappa shape index (κ3) is 4.61. The third-order valence-electron chi connectivity index (χ3n) is 2.71. The van der Waals surface area contributed by atoms with Crippen LogP contribution in [0.3, 0.4) is 0 Å². The number of nitrogens with zero attached hydrogens (tertiary/aromatic N) is 1. The Kier molecular flexibility index (Phi) is 6.05. The van der Waals surface area contributed by atoms with E-state index in [1.165, 1.54) is 30.3 Å². The second-order valence-corrected chi connectivity index (χ2v) is 5.83. The van der Waals surface area contributed by atoms with Gasteiger partial charge in [-0.25, -0.2) is 8.42 Å². The largest absolute Gasteiger partial charge is 1.00 e. The average molecular weight is 335 g/mol. The fourth-order valence-electron chi connectivity index (χ4n) is 1.72. The molecule has 0 spiro atoms. The summed E-state index contributed by atoms with van der Waals surface area (Å²) in [6.07, 6.45) is -4.78. The molecule has 0 aliphatic heterocycles. The van der Waals surface area contributed by atoms with E-state index in [1.807, 2.05) is 0 Å². The number of amides is 1. The van der Waals surface area contributed by atoms with Gasteiger partial charge in [0.2, 0.25) is 0 Å². The normalized spacial score (nSPS) is 11.4. The van der Waals surface area contributed by atoms with Gasteiger partial charge in [-0.15, -0.1) is 0 Å². The van der Waals surface area contributed by atoms with Gasteiger partial charge in [-0.05, 0) is 18.2 Å². The summed E-state index contributed by atoms with van der Waals surface area (Å²) in [5.74, 6) is -1.46. The van der Waals surface area contributed by atoms with E-state index in [2.05, 4.69) is 4.72 Å². The molecule has 0 aromatic heterocycles. The number of halogens is 3. The van der Waals surface area contributed by atoms with Crippen LogP contribution < -0.4 is 18.9 Å². The van der Waals surface area contributed by atoms with E-state index in [9.17, 15) is 26.4 Å². The standard InChI is InChI=1S/C14H10F3NO3S.Li/c15-14(16,17)12-9-5-4-8-11(12)13(19)18-22(20,21)10-6-2-1-3-7-10;/h1-9H,(H,18,19);/q;+1/p-1. The predicted octanol–water partition coefficient (Wildman–Crippen LogP) is 0.612. The third-order valence-corrected chi connectivity index (χ3v) is 3.98. The maximum Gasteiger partial charge on any atom is 1.00 e. The molecule has 0 saturated carbocycles. The van der Waals surface area contributed by atoms with E-state index in [0.29, 0.717) is 6.07 Å². The molecule has 0 fully saturated rings. The van der Waals surface area contributed by atoms with Crippen LogP contribution in [0.4, 0.5) is 13.2 Å². The fourth-order valence-corrected chi connectivity index (χ4v) is 2.64. The summed E-state index contributed by atoms with van der Waals surface area (Å²) in [5.41, 5.74) is -2.04. The van der Waals surface area contributed by atoms with Crippen molar-refractivity contribution < 1.29 is 45.2 Å². The van der Waals surface area contributed by atoms with Gasteiger partial charge in [-0.2, -0.15) is 13.2 Å². The van der Waals surface area contributed by atoms with Crippen LogP contribution in [0.1, 0.15) is 15.9 Å². The van der Waals surface area contributed by atoms with Gasteiger partial charge in [0, 0.05) is 5.56 Å². The van der Waals surface area contributed by atoms with Gasteiger partial charge >= 0.3 is 25.0 Å². The SMILES string of the molecule is O=C([N-]S(=O)(=O)c1ccccc1)c1ccccc1C(F)(F)F.[Li+]. The van der Waals surface area contributed by atoms with Crippen LogP contribution in [0.5, 0.6) is 0 Å². The smallest absolute Gasteiger partial charge is 0.538 e. The molecule has 9 heteroatoms. The number of hydrogen-bond acceptors (Lipinski definition) is 3. The molecule has 2 rings (SSSR count). The molecule has 0 bridgehead atoms. The maximum absolute atomic E-state index is 12.8. The van der Waals surface area contributed by atoms with Crippen molar-refractivity contribution >= 4 is 15.9 Å². The average Bonchev–Trinajstić information content (AvgIpc) is 2.47. The van der Waals surface area contributed by atoms with Crippen molar-refractivity contribution in [1.29, 1.82) is 0 Å². The summed E-state index contributed by atoms with van der Waals surface area (Å²) in [7, 11) is -4.36. The van der Waals surface area contributed by atoms with Crippen molar-refractivity contribution in [2.45, 2.75) is 11.1 Å². The van der Waals surface area contributed by atoms with Crippen molar-refractivity contribution in [1.82, 2.24) is 0 Å². The topological polar surface area (TPSA) is 65.3 Å². The Morgan fingerprint density at radius 1 is 0.913 bits per heavy atom. The first-order valence-corrected chi connectivity index (χ1v) is 7.39. The Bertz CT molecular complexity index is 792. The van der Waals surface area contributed by atoms with Gasteiger partial charge in [0.25, 0.3) is 0 Å². The van der Waals surface area contributed by atoms with Gasteiger partial charge in [0.05, 0.1) is 16.4 Å². The van der Waals surface area contributed by atoms with E-state index < -0.39 is 33.2 Å². The molecule has 0 N–H and O–H groups in total. The van der Waals surface area contributed by atoms with Gasteiger partial charge in [0.1, 0.15) is 10.0 Å². The van der Waals surface area contributed by atoms with E-state index in [1.54, 1.807) is 6.07 Å². The summed E-state index contributed by atoms with van der Waals surface area (Å²) >= 11 is 0. The van der Waals surface area contributed by atoms with Crippen LogP contribution in [-0.2, 0) is 16.2 Å². The number of carbonyl (C=O) groups is 1. The Balaban J connectivity index is 0.00000264. The number of rotatable bonds is 3. The molecule has 0 unspecified atom stereocenters. The van der Waals surface area contributed by atoms with Gasteiger partial charge in [-0.3, -0.25) is 0 Å². The molecular formula is C14H9F3LiNO3S. The Morgan fingerprint density at radius 2 is 1.43 bits per heavy atom. The second-order valence-electron chi connectivity index (χ2n) is 4.23. The minimum atomic E-state index is -4.78. The quantitative estimate of drug-likeness (QED) is 0.772. The van der Waals surface area contributed by atoms with Gasteiger partial charge in [-0.1, -0.05) is 36.4 Å². The van der Waals surface area contributed by atoms with Crippen LogP contribution >= 0.6 is 0 Å². The molecule has 116 valence electrons. The summed E-state index contributed by atoms with van der Waals surface area (Å²) in [4.78, 5) is 11.6. The summed E-state index contributed by atoms with van der Waals surface area (Å²) in [6.45, 7) is 0. The van der Waals surface area contributed by atoms with E-state index in [4.69, 9.17) is 0 Å². The molecule has 2 aromatic rings. The summed E-state index contributed by atoms with van der Waals surface area (Å²) < 4.78 is 65.2. The number of alkyl halides is 3. The van der Waals surface area contributed by atoms with Crippen LogP contribution in [0, 0.1) is 0 Å². The molecule has 0 heterocycles. The Hall–Kier alpha value is -1.75.